The zero-order chi connectivity index (χ0) is 25.2. The minimum absolute atomic E-state index is 0.210. The van der Waals surface area contributed by atoms with E-state index >= 15 is 0 Å². The second kappa shape index (κ2) is 10.4. The number of hydrogen-bond acceptors (Lipinski definition) is 4. The van der Waals surface area contributed by atoms with E-state index in [2.05, 4.69) is 32.2 Å². The number of halogens is 3. The van der Waals surface area contributed by atoms with Gasteiger partial charge >= 0.3 is 0 Å². The lowest BCUT2D eigenvalue weighted by Crippen LogP contribution is -2.46. The van der Waals surface area contributed by atoms with Crippen LogP contribution in [0.5, 0.6) is 0 Å². The molecule has 2 aromatic heterocycles. The van der Waals surface area contributed by atoms with Crippen LogP contribution in [0.2, 0.25) is 10.0 Å². The first-order chi connectivity index (χ1) is 17.4. The number of fused-ring (bicyclic) bond motifs is 1. The fraction of sp³-hybridized carbons (Fsp3) is 0.259. The van der Waals surface area contributed by atoms with Gasteiger partial charge in [-0.2, -0.15) is 0 Å². The van der Waals surface area contributed by atoms with Gasteiger partial charge in [0, 0.05) is 56.4 Å². The second-order valence-corrected chi connectivity index (χ2v) is 9.57. The van der Waals surface area contributed by atoms with E-state index in [9.17, 15) is 9.18 Å². The van der Waals surface area contributed by atoms with Crippen molar-refractivity contribution in [2.24, 2.45) is 0 Å². The molecular formula is C27H26Cl2FN5O. The van der Waals surface area contributed by atoms with Crippen molar-refractivity contribution in [2.45, 2.75) is 19.9 Å². The third-order valence-electron chi connectivity index (χ3n) is 6.51. The Kier molecular flexibility index (Phi) is 7.03. The standard InChI is InChI=1S/C27H26Cl2FN5O/c1-2-24-26(35-17-23(29)22(28)15-25(35)32-24)27(36)31-16-18-3-7-20(8-4-18)33-11-13-34(14-12-33)21-9-5-19(30)6-10-21/h3-10,15,17H,2,11-14,16H2,1H3,(H,31,36). The Labute approximate surface area is 219 Å². The van der Waals surface area contributed by atoms with Gasteiger partial charge < -0.3 is 15.1 Å². The molecule has 36 heavy (non-hydrogen) atoms. The van der Waals surface area contributed by atoms with Crippen molar-refractivity contribution in [1.82, 2.24) is 14.7 Å². The van der Waals surface area contributed by atoms with Gasteiger partial charge in [-0.3, -0.25) is 9.20 Å². The predicted molar refractivity (Wildman–Crippen MR) is 143 cm³/mol. The minimum Gasteiger partial charge on any atom is -0.368 e. The molecule has 1 aliphatic heterocycles. The van der Waals surface area contributed by atoms with Crippen LogP contribution in [0.1, 0.15) is 28.7 Å². The first-order valence-electron chi connectivity index (χ1n) is 11.9. The van der Waals surface area contributed by atoms with Crippen LogP contribution in [0, 0.1) is 5.82 Å². The van der Waals surface area contributed by atoms with Gasteiger partial charge in [-0.15, -0.1) is 0 Å². The maximum Gasteiger partial charge on any atom is 0.270 e. The van der Waals surface area contributed by atoms with Crippen molar-refractivity contribution in [3.05, 3.63) is 93.6 Å². The number of benzene rings is 2. The first kappa shape index (κ1) is 24.4. The first-order valence-corrected chi connectivity index (χ1v) is 12.7. The van der Waals surface area contributed by atoms with Crippen molar-refractivity contribution in [1.29, 1.82) is 0 Å². The lowest BCUT2D eigenvalue weighted by Gasteiger charge is -2.37. The molecule has 4 aromatic rings. The molecule has 186 valence electrons. The van der Waals surface area contributed by atoms with Gasteiger partial charge in [0.15, 0.2) is 0 Å². The molecule has 1 amide bonds. The maximum absolute atomic E-state index is 13.2. The van der Waals surface area contributed by atoms with Crippen LogP contribution in [-0.4, -0.2) is 41.5 Å². The summed E-state index contributed by atoms with van der Waals surface area (Å²) in [4.78, 5) is 22.2. The SMILES string of the molecule is CCc1nc2cc(Cl)c(Cl)cn2c1C(=O)NCc1ccc(N2CCN(c3ccc(F)cc3)CC2)cc1. The summed E-state index contributed by atoms with van der Waals surface area (Å²) in [5.74, 6) is -0.425. The highest BCUT2D eigenvalue weighted by atomic mass is 35.5. The van der Waals surface area contributed by atoms with E-state index in [0.29, 0.717) is 40.0 Å². The van der Waals surface area contributed by atoms with Crippen molar-refractivity contribution in [3.63, 3.8) is 0 Å². The Morgan fingerprint density at radius 1 is 0.944 bits per heavy atom. The number of anilines is 2. The Morgan fingerprint density at radius 2 is 1.53 bits per heavy atom. The lowest BCUT2D eigenvalue weighted by molar-refractivity contribution is 0.0944. The highest BCUT2D eigenvalue weighted by Gasteiger charge is 2.20. The molecule has 5 rings (SSSR count). The highest BCUT2D eigenvalue weighted by Crippen LogP contribution is 2.26. The highest BCUT2D eigenvalue weighted by molar-refractivity contribution is 6.42. The minimum atomic E-state index is -0.215. The van der Waals surface area contributed by atoms with Gasteiger partial charge in [0.1, 0.15) is 17.2 Å². The van der Waals surface area contributed by atoms with Crippen LogP contribution >= 0.6 is 23.2 Å². The molecule has 1 aliphatic rings. The summed E-state index contributed by atoms with van der Waals surface area (Å²) >= 11 is 12.3. The summed E-state index contributed by atoms with van der Waals surface area (Å²) in [6.45, 7) is 5.87. The Balaban J connectivity index is 1.21. The second-order valence-electron chi connectivity index (χ2n) is 8.76. The average Bonchev–Trinajstić information content (AvgIpc) is 3.25. The summed E-state index contributed by atoms with van der Waals surface area (Å²) in [7, 11) is 0. The molecule has 0 saturated carbocycles. The van der Waals surface area contributed by atoms with Crippen LogP contribution in [0.15, 0.2) is 60.8 Å². The van der Waals surface area contributed by atoms with Gasteiger partial charge in [0.25, 0.3) is 5.91 Å². The average molecular weight is 526 g/mol. The molecule has 1 fully saturated rings. The van der Waals surface area contributed by atoms with Crippen LogP contribution in [0.25, 0.3) is 5.65 Å². The molecule has 0 radical (unpaired) electrons. The largest absolute Gasteiger partial charge is 0.368 e. The van der Waals surface area contributed by atoms with E-state index in [1.807, 2.05) is 31.2 Å². The zero-order valence-corrected chi connectivity index (χ0v) is 21.4. The summed E-state index contributed by atoms with van der Waals surface area (Å²) in [6, 6.07) is 16.6. The van der Waals surface area contributed by atoms with Crippen LogP contribution in [-0.2, 0) is 13.0 Å². The monoisotopic (exact) mass is 525 g/mol. The van der Waals surface area contributed by atoms with E-state index < -0.39 is 0 Å². The van der Waals surface area contributed by atoms with Gasteiger partial charge in [-0.05, 0) is 48.4 Å². The molecular weight excluding hydrogens is 500 g/mol. The fourth-order valence-electron chi connectivity index (χ4n) is 4.54. The number of rotatable bonds is 6. The maximum atomic E-state index is 13.2. The molecule has 0 aliphatic carbocycles. The number of carbonyl (C=O) groups is 1. The quantitative estimate of drug-likeness (QED) is 0.356. The summed E-state index contributed by atoms with van der Waals surface area (Å²) in [5.41, 5.74) is 4.96. The predicted octanol–water partition coefficient (Wildman–Crippen LogP) is 5.60. The molecule has 0 unspecified atom stereocenters. The Bertz CT molecular complexity index is 1380. The third-order valence-corrected chi connectivity index (χ3v) is 7.22. The summed E-state index contributed by atoms with van der Waals surface area (Å²) in [6.07, 6.45) is 2.24. The van der Waals surface area contributed by atoms with E-state index in [1.165, 1.54) is 12.1 Å². The number of nitrogens with one attached hydrogen (secondary N) is 1. The molecule has 1 N–H and O–H groups in total. The van der Waals surface area contributed by atoms with E-state index in [-0.39, 0.29) is 11.7 Å². The van der Waals surface area contributed by atoms with Gasteiger partial charge in [-0.1, -0.05) is 42.3 Å². The topological polar surface area (TPSA) is 52.9 Å². The normalized spacial score (nSPS) is 13.9. The van der Waals surface area contributed by atoms with Crippen molar-refractivity contribution < 1.29 is 9.18 Å². The smallest absolute Gasteiger partial charge is 0.270 e. The number of hydrogen-bond donors (Lipinski definition) is 1. The van der Waals surface area contributed by atoms with Crippen molar-refractivity contribution in [3.8, 4) is 0 Å². The van der Waals surface area contributed by atoms with E-state index in [1.54, 1.807) is 16.7 Å². The van der Waals surface area contributed by atoms with Gasteiger partial charge in [-0.25, -0.2) is 9.37 Å². The van der Waals surface area contributed by atoms with Gasteiger partial charge in [0.2, 0.25) is 0 Å². The number of aromatic nitrogens is 2. The molecule has 0 spiro atoms. The molecule has 1 saturated heterocycles. The van der Waals surface area contributed by atoms with Crippen molar-refractivity contribution in [2.75, 3.05) is 36.0 Å². The third kappa shape index (κ3) is 4.99. The number of imidazole rings is 1. The Morgan fingerprint density at radius 3 is 2.11 bits per heavy atom. The van der Waals surface area contributed by atoms with E-state index in [4.69, 9.17) is 23.2 Å². The number of nitrogens with zero attached hydrogens (tertiary/aromatic N) is 4. The fourth-order valence-corrected chi connectivity index (χ4v) is 4.84. The summed E-state index contributed by atoms with van der Waals surface area (Å²) in [5, 5.41) is 3.78. The number of pyridine rings is 1. The molecule has 0 atom stereocenters. The van der Waals surface area contributed by atoms with Gasteiger partial charge in [0.05, 0.1) is 15.7 Å². The van der Waals surface area contributed by atoms with Crippen LogP contribution < -0.4 is 15.1 Å². The molecule has 2 aromatic carbocycles. The molecule has 9 heteroatoms. The van der Waals surface area contributed by atoms with Crippen molar-refractivity contribution >= 4 is 46.1 Å². The number of carbonyl (C=O) groups excluding carboxylic acids is 1. The summed E-state index contributed by atoms with van der Waals surface area (Å²) < 4.78 is 14.9. The van der Waals surface area contributed by atoms with Crippen LogP contribution in [0.3, 0.4) is 0 Å². The number of piperazine rings is 1. The molecule has 6 nitrogen and oxygen atoms in total. The number of aryl methyl sites for hydroxylation is 1. The molecule has 3 heterocycles. The molecule has 0 bridgehead atoms. The lowest BCUT2D eigenvalue weighted by atomic mass is 10.1. The zero-order valence-electron chi connectivity index (χ0n) is 19.8. The van der Waals surface area contributed by atoms with E-state index in [0.717, 1.165) is 43.1 Å². The van der Waals surface area contributed by atoms with Crippen LogP contribution in [0.4, 0.5) is 15.8 Å². The Hall–Kier alpha value is -3.29. The number of amides is 1.